The largest absolute Gasteiger partial charge is 0.502 e. The molecule has 1 amide bonds. The first-order valence-electron chi connectivity index (χ1n) is 10.2. The molecule has 3 heterocycles. The number of amides is 1. The van der Waals surface area contributed by atoms with E-state index in [0.29, 0.717) is 19.4 Å². The number of aromatic nitrogens is 2. The molecule has 2 aromatic carbocycles. The standard InChI is InChI=1S/C23H18F3N3O3/c24-13-8-12(9-14(25)10-13)19(15-4-1-2-5-16(15)26)20-17-6-3-7-28(17)23(32)21-22(31)18(30)11-27-29(20)21/h1-2,4-5,8-11,17,19-20,31H,3,6-7H2/t17-,19-,20-/m1/s1. The van der Waals surface area contributed by atoms with Crippen LogP contribution in [0.3, 0.4) is 0 Å². The minimum absolute atomic E-state index is 0.157. The Balaban J connectivity index is 1.82. The minimum atomic E-state index is -0.951. The Hall–Kier alpha value is -3.62. The van der Waals surface area contributed by atoms with Crippen LogP contribution in [0.1, 0.15) is 46.4 Å². The number of nitrogens with zero attached hydrogens (tertiary/aromatic N) is 3. The van der Waals surface area contributed by atoms with Gasteiger partial charge in [-0.1, -0.05) is 18.2 Å². The van der Waals surface area contributed by atoms with E-state index in [0.717, 1.165) is 24.4 Å². The number of rotatable bonds is 3. The smallest absolute Gasteiger partial charge is 0.276 e. The summed E-state index contributed by atoms with van der Waals surface area (Å²) in [5.74, 6) is -4.49. The van der Waals surface area contributed by atoms with E-state index in [4.69, 9.17) is 0 Å². The molecule has 2 aliphatic heterocycles. The molecule has 0 saturated carbocycles. The zero-order valence-electron chi connectivity index (χ0n) is 16.7. The number of carbonyl (C=O) groups is 1. The summed E-state index contributed by atoms with van der Waals surface area (Å²) in [5.41, 5.74) is -0.807. The third-order valence-corrected chi connectivity index (χ3v) is 6.25. The van der Waals surface area contributed by atoms with Crippen LogP contribution in [-0.2, 0) is 0 Å². The molecule has 1 aromatic heterocycles. The van der Waals surface area contributed by atoms with Gasteiger partial charge in [0.2, 0.25) is 5.43 Å². The number of halogens is 3. The lowest BCUT2D eigenvalue weighted by Gasteiger charge is -2.42. The number of benzene rings is 2. The van der Waals surface area contributed by atoms with Crippen LogP contribution in [0.25, 0.3) is 0 Å². The molecule has 1 N–H and O–H groups in total. The van der Waals surface area contributed by atoms with E-state index in [9.17, 15) is 23.5 Å². The Morgan fingerprint density at radius 2 is 1.78 bits per heavy atom. The van der Waals surface area contributed by atoms with Crippen LogP contribution in [0.4, 0.5) is 13.2 Å². The highest BCUT2D eigenvalue weighted by Gasteiger charge is 2.48. The van der Waals surface area contributed by atoms with Gasteiger partial charge in [0.05, 0.1) is 18.3 Å². The van der Waals surface area contributed by atoms with Crippen molar-refractivity contribution in [2.45, 2.75) is 30.8 Å². The number of fused-ring (bicyclic) bond motifs is 2. The van der Waals surface area contributed by atoms with Gasteiger partial charge < -0.3 is 10.0 Å². The zero-order chi connectivity index (χ0) is 22.6. The molecule has 0 spiro atoms. The molecule has 0 radical (unpaired) electrons. The van der Waals surface area contributed by atoms with Gasteiger partial charge in [0.25, 0.3) is 5.91 Å². The van der Waals surface area contributed by atoms with E-state index < -0.39 is 52.5 Å². The second-order valence-electron chi connectivity index (χ2n) is 8.05. The van der Waals surface area contributed by atoms with E-state index >= 15 is 4.39 Å². The van der Waals surface area contributed by atoms with Crippen LogP contribution in [0, 0.1) is 17.5 Å². The molecule has 3 atom stereocenters. The van der Waals surface area contributed by atoms with E-state index in [1.807, 2.05) is 0 Å². The summed E-state index contributed by atoms with van der Waals surface area (Å²) in [7, 11) is 0. The van der Waals surface area contributed by atoms with E-state index in [1.54, 1.807) is 6.07 Å². The first-order valence-corrected chi connectivity index (χ1v) is 10.2. The molecule has 3 aromatic rings. The normalized spacial score (nSPS) is 20.7. The van der Waals surface area contributed by atoms with Gasteiger partial charge in [0.1, 0.15) is 17.5 Å². The molecule has 0 unspecified atom stereocenters. The average Bonchev–Trinajstić information content (AvgIpc) is 3.23. The summed E-state index contributed by atoms with van der Waals surface area (Å²) in [5, 5.41) is 14.5. The molecule has 1 saturated heterocycles. The maximum atomic E-state index is 15.0. The molecule has 1 fully saturated rings. The van der Waals surface area contributed by atoms with Crippen molar-refractivity contribution in [3.05, 3.63) is 93.2 Å². The van der Waals surface area contributed by atoms with Gasteiger partial charge in [-0.3, -0.25) is 14.3 Å². The third-order valence-electron chi connectivity index (χ3n) is 6.25. The highest BCUT2D eigenvalue weighted by atomic mass is 19.1. The van der Waals surface area contributed by atoms with Gasteiger partial charge >= 0.3 is 0 Å². The van der Waals surface area contributed by atoms with Gasteiger partial charge in [-0.05, 0) is 42.2 Å². The van der Waals surface area contributed by atoms with Crippen molar-refractivity contribution >= 4 is 5.91 Å². The fourth-order valence-electron chi connectivity index (χ4n) is 4.99. The Bertz CT molecular complexity index is 1270. The number of hydrogen-bond acceptors (Lipinski definition) is 4. The summed E-state index contributed by atoms with van der Waals surface area (Å²) in [6.07, 6.45) is 2.08. The van der Waals surface area contributed by atoms with Gasteiger partial charge in [-0.25, -0.2) is 13.2 Å². The van der Waals surface area contributed by atoms with Gasteiger partial charge in [-0.2, -0.15) is 5.10 Å². The maximum absolute atomic E-state index is 15.0. The molecule has 164 valence electrons. The van der Waals surface area contributed by atoms with Crippen LogP contribution in [0.5, 0.6) is 5.75 Å². The maximum Gasteiger partial charge on any atom is 0.276 e. The topological polar surface area (TPSA) is 75.4 Å². The van der Waals surface area contributed by atoms with E-state index in [1.165, 1.54) is 27.8 Å². The van der Waals surface area contributed by atoms with Gasteiger partial charge in [0.15, 0.2) is 11.4 Å². The molecule has 2 aliphatic rings. The van der Waals surface area contributed by atoms with Gasteiger partial charge in [0, 0.05) is 18.5 Å². The summed E-state index contributed by atoms with van der Waals surface area (Å²) >= 11 is 0. The van der Waals surface area contributed by atoms with Crippen molar-refractivity contribution in [1.29, 1.82) is 0 Å². The summed E-state index contributed by atoms with van der Waals surface area (Å²) in [6.45, 7) is 0.379. The van der Waals surface area contributed by atoms with Crippen molar-refractivity contribution < 1.29 is 23.1 Å². The molecule has 5 rings (SSSR count). The Morgan fingerprint density at radius 1 is 1.06 bits per heavy atom. The van der Waals surface area contributed by atoms with Crippen molar-refractivity contribution in [1.82, 2.24) is 14.7 Å². The average molecular weight is 441 g/mol. The lowest BCUT2D eigenvalue weighted by Crippen LogP contribution is -2.51. The lowest BCUT2D eigenvalue weighted by molar-refractivity contribution is 0.0564. The summed E-state index contributed by atoms with van der Waals surface area (Å²) in [6, 6.07) is 7.56. The van der Waals surface area contributed by atoms with Crippen LogP contribution in [-0.4, -0.2) is 38.3 Å². The predicted molar refractivity (Wildman–Crippen MR) is 108 cm³/mol. The van der Waals surface area contributed by atoms with E-state index in [2.05, 4.69) is 5.10 Å². The summed E-state index contributed by atoms with van der Waals surface area (Å²) in [4.78, 5) is 26.6. The fourth-order valence-corrected chi connectivity index (χ4v) is 4.99. The highest BCUT2D eigenvalue weighted by Crippen LogP contribution is 2.46. The van der Waals surface area contributed by atoms with Crippen LogP contribution in [0.15, 0.2) is 53.5 Å². The zero-order valence-corrected chi connectivity index (χ0v) is 16.7. The van der Waals surface area contributed by atoms with Crippen LogP contribution >= 0.6 is 0 Å². The Labute approximate surface area is 180 Å². The van der Waals surface area contributed by atoms with E-state index in [-0.39, 0.29) is 16.8 Å². The van der Waals surface area contributed by atoms with Crippen molar-refractivity contribution in [2.75, 3.05) is 6.54 Å². The first-order chi connectivity index (χ1) is 15.4. The molecule has 6 nitrogen and oxygen atoms in total. The second kappa shape index (κ2) is 7.51. The Morgan fingerprint density at radius 3 is 2.50 bits per heavy atom. The van der Waals surface area contributed by atoms with Crippen molar-refractivity contribution in [3.63, 3.8) is 0 Å². The predicted octanol–water partition coefficient (Wildman–Crippen LogP) is 3.36. The van der Waals surface area contributed by atoms with Gasteiger partial charge in [-0.15, -0.1) is 0 Å². The molecular formula is C23H18F3N3O3. The quantitative estimate of drug-likeness (QED) is 0.677. The molecule has 32 heavy (non-hydrogen) atoms. The lowest BCUT2D eigenvalue weighted by atomic mass is 9.79. The number of carbonyl (C=O) groups excluding carboxylic acids is 1. The number of hydrogen-bond donors (Lipinski definition) is 1. The van der Waals surface area contributed by atoms with Crippen molar-refractivity contribution in [2.24, 2.45) is 0 Å². The minimum Gasteiger partial charge on any atom is -0.502 e. The number of aromatic hydroxyl groups is 1. The SMILES string of the molecule is O=C1c2c(O)c(=O)cnn2[C@@H]([C@H](c2cc(F)cc(F)c2)c2ccccc2F)[C@H]2CCCN12. The third kappa shape index (κ3) is 3.07. The Kier molecular flexibility index (Phi) is 4.76. The molecule has 9 heteroatoms. The molecule has 0 aliphatic carbocycles. The molecule has 0 bridgehead atoms. The van der Waals surface area contributed by atoms with Crippen LogP contribution in [0.2, 0.25) is 0 Å². The second-order valence-corrected chi connectivity index (χ2v) is 8.05. The highest BCUT2D eigenvalue weighted by molar-refractivity contribution is 5.96. The monoisotopic (exact) mass is 441 g/mol. The van der Waals surface area contributed by atoms with Crippen LogP contribution < -0.4 is 5.43 Å². The van der Waals surface area contributed by atoms with Crippen molar-refractivity contribution in [3.8, 4) is 5.75 Å². The fraction of sp³-hybridized carbons (Fsp3) is 0.261. The molecular weight excluding hydrogens is 423 g/mol. The summed E-state index contributed by atoms with van der Waals surface area (Å²) < 4.78 is 44.7. The first kappa shape index (κ1) is 20.3.